The zero-order chi connectivity index (χ0) is 18.4. The number of carbonyl (C=O) groups excluding carboxylic acids is 1. The second kappa shape index (κ2) is 8.27. The molecule has 0 bridgehead atoms. The van der Waals surface area contributed by atoms with Crippen LogP contribution in [0, 0.1) is 0 Å². The van der Waals surface area contributed by atoms with Crippen LogP contribution in [-0.4, -0.2) is 33.2 Å². The van der Waals surface area contributed by atoms with Gasteiger partial charge in [0.2, 0.25) is 0 Å². The second-order valence-corrected chi connectivity index (χ2v) is 7.44. The molecule has 0 heterocycles. The molecule has 0 aliphatic rings. The van der Waals surface area contributed by atoms with Crippen LogP contribution in [0.2, 0.25) is 0 Å². The lowest BCUT2D eigenvalue weighted by Gasteiger charge is -2.17. The Hall–Kier alpha value is -2.18. The maximum absolute atomic E-state index is 12.8. The lowest BCUT2D eigenvalue weighted by molar-refractivity contribution is 0.102. The Morgan fingerprint density at radius 1 is 1.12 bits per heavy atom. The van der Waals surface area contributed by atoms with Crippen molar-refractivity contribution in [1.82, 2.24) is 0 Å². The summed E-state index contributed by atoms with van der Waals surface area (Å²) in [4.78, 5) is 12.8. The number of ether oxygens (including phenoxy) is 1. The fraction of sp³-hybridized carbons (Fsp3) is 0.316. The van der Waals surface area contributed by atoms with E-state index in [0.29, 0.717) is 16.9 Å². The number of hydrogen-bond acceptors (Lipinski definition) is 5. The highest BCUT2D eigenvalue weighted by Gasteiger charge is 2.18. The van der Waals surface area contributed by atoms with Crippen molar-refractivity contribution in [3.05, 3.63) is 65.2 Å². The molecule has 1 atom stereocenters. The van der Waals surface area contributed by atoms with E-state index in [1.165, 1.54) is 0 Å². The molecule has 0 saturated heterocycles. The van der Waals surface area contributed by atoms with Gasteiger partial charge in [-0.15, -0.1) is 0 Å². The van der Waals surface area contributed by atoms with Gasteiger partial charge in [-0.25, -0.2) is 0 Å². The molecule has 0 fully saturated rings. The molecule has 2 aromatic rings. The minimum absolute atomic E-state index is 0.118. The van der Waals surface area contributed by atoms with Crippen LogP contribution in [0.5, 0.6) is 5.75 Å². The zero-order valence-electron chi connectivity index (χ0n) is 14.6. The van der Waals surface area contributed by atoms with Gasteiger partial charge in [0.15, 0.2) is 5.78 Å². The monoisotopic (exact) mass is 362 g/mol. The van der Waals surface area contributed by atoms with Crippen molar-refractivity contribution in [2.45, 2.75) is 26.4 Å². The lowest BCUT2D eigenvalue weighted by Crippen LogP contribution is -2.22. The highest BCUT2D eigenvalue weighted by atomic mass is 32.2. The summed E-state index contributed by atoms with van der Waals surface area (Å²) in [5, 5.41) is 0. The van der Waals surface area contributed by atoms with Gasteiger partial charge in [-0.2, -0.15) is 8.42 Å². The third-order valence-electron chi connectivity index (χ3n) is 3.58. The van der Waals surface area contributed by atoms with Gasteiger partial charge >= 0.3 is 0 Å². The van der Waals surface area contributed by atoms with E-state index in [1.807, 2.05) is 25.1 Å². The van der Waals surface area contributed by atoms with Crippen LogP contribution in [0.1, 0.15) is 35.3 Å². The molecular weight excluding hydrogens is 340 g/mol. The first-order valence-electron chi connectivity index (χ1n) is 8.04. The van der Waals surface area contributed by atoms with Gasteiger partial charge in [-0.1, -0.05) is 43.3 Å². The first-order chi connectivity index (χ1) is 11.8. The third-order valence-corrected chi connectivity index (χ3v) is 4.14. The number of carbonyl (C=O) groups is 1. The molecule has 0 N–H and O–H groups in total. The van der Waals surface area contributed by atoms with E-state index in [-0.39, 0.29) is 12.4 Å². The number of benzene rings is 2. The fourth-order valence-corrected chi connectivity index (χ4v) is 2.73. The van der Waals surface area contributed by atoms with Crippen LogP contribution >= 0.6 is 0 Å². The Morgan fingerprint density at radius 3 is 2.40 bits per heavy atom. The van der Waals surface area contributed by atoms with Crippen molar-refractivity contribution in [3.8, 4) is 5.75 Å². The molecule has 5 nitrogen and oxygen atoms in total. The van der Waals surface area contributed by atoms with Crippen LogP contribution in [0.4, 0.5) is 0 Å². The van der Waals surface area contributed by atoms with Gasteiger partial charge in [0.1, 0.15) is 18.5 Å². The summed E-state index contributed by atoms with van der Waals surface area (Å²) in [5.74, 6) is 0.276. The molecule has 0 amide bonds. The van der Waals surface area contributed by atoms with Gasteiger partial charge < -0.3 is 4.74 Å². The average molecular weight is 362 g/mol. The predicted octanol–water partition coefficient (Wildman–Crippen LogP) is 3.22. The predicted molar refractivity (Wildman–Crippen MR) is 96.6 cm³/mol. The van der Waals surface area contributed by atoms with E-state index < -0.39 is 16.2 Å². The van der Waals surface area contributed by atoms with Gasteiger partial charge in [-0.05, 0) is 31.0 Å². The Morgan fingerprint density at radius 2 is 1.80 bits per heavy atom. The van der Waals surface area contributed by atoms with E-state index in [9.17, 15) is 13.2 Å². The maximum Gasteiger partial charge on any atom is 0.264 e. The van der Waals surface area contributed by atoms with Crippen LogP contribution in [-0.2, 0) is 20.7 Å². The molecular formula is C19H22O5S. The molecule has 0 radical (unpaired) electrons. The largest absolute Gasteiger partial charge is 0.487 e. The van der Waals surface area contributed by atoms with Crippen LogP contribution < -0.4 is 4.74 Å². The summed E-state index contributed by atoms with van der Waals surface area (Å²) >= 11 is 0. The first kappa shape index (κ1) is 19.1. The Balaban J connectivity index is 2.27. The molecule has 2 rings (SSSR count). The van der Waals surface area contributed by atoms with Crippen molar-refractivity contribution in [2.75, 3.05) is 12.9 Å². The topological polar surface area (TPSA) is 69.7 Å². The quantitative estimate of drug-likeness (QED) is 0.533. The fourth-order valence-electron chi connectivity index (χ4n) is 2.29. The number of aryl methyl sites for hydroxylation is 1. The standard InChI is InChI=1S/C19H22O5S/c1-4-15-10-11-18(24-14(2)13-23-25(3,21)22)17(12-15)19(20)16-8-6-5-7-9-16/h5-12,14H,4,13H2,1-3H3. The summed E-state index contributed by atoms with van der Waals surface area (Å²) in [5.41, 5.74) is 2.05. The Kier molecular flexibility index (Phi) is 6.33. The highest BCUT2D eigenvalue weighted by molar-refractivity contribution is 7.85. The summed E-state index contributed by atoms with van der Waals surface area (Å²) in [6.07, 6.45) is 1.26. The van der Waals surface area contributed by atoms with Crippen LogP contribution in [0.3, 0.4) is 0 Å². The van der Waals surface area contributed by atoms with Crippen molar-refractivity contribution in [2.24, 2.45) is 0 Å². The van der Waals surface area contributed by atoms with E-state index in [1.54, 1.807) is 37.3 Å². The molecule has 2 aromatic carbocycles. The third kappa shape index (κ3) is 5.69. The van der Waals surface area contributed by atoms with Crippen LogP contribution in [0.15, 0.2) is 48.5 Å². The molecule has 0 aliphatic heterocycles. The van der Waals surface area contributed by atoms with Crippen molar-refractivity contribution >= 4 is 15.9 Å². The second-order valence-electron chi connectivity index (χ2n) is 5.80. The molecule has 0 spiro atoms. The van der Waals surface area contributed by atoms with E-state index >= 15 is 0 Å². The van der Waals surface area contributed by atoms with Gasteiger partial charge in [0.05, 0.1) is 11.8 Å². The van der Waals surface area contributed by atoms with E-state index in [0.717, 1.165) is 18.2 Å². The van der Waals surface area contributed by atoms with Crippen molar-refractivity contribution < 1.29 is 22.1 Å². The lowest BCUT2D eigenvalue weighted by atomic mass is 9.99. The minimum Gasteiger partial charge on any atom is -0.487 e. The molecule has 0 saturated carbocycles. The minimum atomic E-state index is -3.54. The van der Waals surface area contributed by atoms with E-state index in [2.05, 4.69) is 0 Å². The molecule has 25 heavy (non-hydrogen) atoms. The molecule has 1 unspecified atom stereocenters. The SMILES string of the molecule is CCc1ccc(OC(C)COS(C)(=O)=O)c(C(=O)c2ccccc2)c1. The Bertz CT molecular complexity index is 828. The summed E-state index contributed by atoms with van der Waals surface area (Å²) in [7, 11) is -3.54. The van der Waals surface area contributed by atoms with Gasteiger partial charge in [0, 0.05) is 5.56 Å². The van der Waals surface area contributed by atoms with Crippen molar-refractivity contribution in [1.29, 1.82) is 0 Å². The summed E-state index contributed by atoms with van der Waals surface area (Å²) in [6, 6.07) is 14.4. The smallest absolute Gasteiger partial charge is 0.264 e. The number of rotatable bonds is 8. The van der Waals surface area contributed by atoms with Gasteiger partial charge in [0.25, 0.3) is 10.1 Å². The highest BCUT2D eigenvalue weighted by Crippen LogP contribution is 2.25. The van der Waals surface area contributed by atoms with E-state index in [4.69, 9.17) is 8.92 Å². The first-order valence-corrected chi connectivity index (χ1v) is 9.85. The average Bonchev–Trinajstić information content (AvgIpc) is 2.60. The van der Waals surface area contributed by atoms with Crippen molar-refractivity contribution in [3.63, 3.8) is 0 Å². The molecule has 134 valence electrons. The van der Waals surface area contributed by atoms with Crippen LogP contribution in [0.25, 0.3) is 0 Å². The molecule has 0 aliphatic carbocycles. The number of hydrogen-bond donors (Lipinski definition) is 0. The normalized spacial score (nSPS) is 12.6. The molecule has 6 heteroatoms. The Labute approximate surface area is 148 Å². The maximum atomic E-state index is 12.8. The van der Waals surface area contributed by atoms with Gasteiger partial charge in [-0.3, -0.25) is 8.98 Å². The summed E-state index contributed by atoms with van der Waals surface area (Å²) in [6.45, 7) is 3.58. The summed E-state index contributed by atoms with van der Waals surface area (Å²) < 4.78 is 32.7. The number of ketones is 1. The zero-order valence-corrected chi connectivity index (χ0v) is 15.4. The molecule has 0 aromatic heterocycles.